The number of esters is 3. The summed E-state index contributed by atoms with van der Waals surface area (Å²) in [6.07, 6.45) is 0.353. The maximum atomic E-state index is 11.8. The highest BCUT2D eigenvalue weighted by atomic mass is 32.2. The first kappa shape index (κ1) is 23.6. The van der Waals surface area contributed by atoms with E-state index in [0.717, 1.165) is 11.1 Å². The second-order valence-electron chi connectivity index (χ2n) is 7.22. The summed E-state index contributed by atoms with van der Waals surface area (Å²) in [7, 11) is 0. The zero-order valence-electron chi connectivity index (χ0n) is 18.3. The highest BCUT2D eigenvalue weighted by Gasteiger charge is 2.47. The topological polar surface area (TPSA) is 127 Å². The van der Waals surface area contributed by atoms with Crippen molar-refractivity contribution in [1.82, 2.24) is 10.1 Å². The summed E-state index contributed by atoms with van der Waals surface area (Å²) >= 11 is 1.27. The fourth-order valence-electron chi connectivity index (χ4n) is 3.46. The van der Waals surface area contributed by atoms with Crippen molar-refractivity contribution in [1.29, 1.82) is 0 Å². The summed E-state index contributed by atoms with van der Waals surface area (Å²) in [5, 5.41) is 3.96. The van der Waals surface area contributed by atoms with Gasteiger partial charge in [0.05, 0.1) is 11.9 Å². The van der Waals surface area contributed by atoms with Crippen LogP contribution in [-0.4, -0.2) is 57.5 Å². The highest BCUT2D eigenvalue weighted by molar-refractivity contribution is 7.99. The van der Waals surface area contributed by atoms with Crippen molar-refractivity contribution in [2.45, 2.75) is 58.4 Å². The Morgan fingerprint density at radius 3 is 2.25 bits per heavy atom. The summed E-state index contributed by atoms with van der Waals surface area (Å²) in [5.41, 5.74) is 1.53. The molecule has 0 aromatic carbocycles. The minimum Gasteiger partial charge on any atom is -0.474 e. The van der Waals surface area contributed by atoms with Crippen molar-refractivity contribution in [3.63, 3.8) is 0 Å². The number of hydrogen-bond acceptors (Lipinski definition) is 11. The number of aromatic nitrogens is 2. The van der Waals surface area contributed by atoms with Crippen molar-refractivity contribution in [2.75, 3.05) is 5.75 Å². The molecule has 1 fully saturated rings. The molecule has 4 atom stereocenters. The Morgan fingerprint density at radius 2 is 1.66 bits per heavy atom. The second kappa shape index (κ2) is 10.0. The fraction of sp³-hybridized carbons (Fsp3) is 0.476. The standard InChI is InChI=1S/C21H24N2O8S/c1-10-18(11(2)31-23-10)15-6-16(8-22-7-15)30-21-20(29-14(5)26)19(28-13(4)25)17(9-32-21)27-12(3)24/h6-8,17,19-21H,9H2,1-5H3/t17-,19+,20-,21+/m1/s1. The van der Waals surface area contributed by atoms with Crippen LogP contribution in [0.25, 0.3) is 11.1 Å². The van der Waals surface area contributed by atoms with E-state index < -0.39 is 41.7 Å². The molecule has 0 radical (unpaired) electrons. The van der Waals surface area contributed by atoms with Crippen LogP contribution in [0.1, 0.15) is 32.2 Å². The first-order valence-electron chi connectivity index (χ1n) is 9.84. The minimum atomic E-state index is -1.02. The quantitative estimate of drug-likeness (QED) is 0.462. The number of hydrogen-bond donors (Lipinski definition) is 0. The van der Waals surface area contributed by atoms with Gasteiger partial charge in [0.2, 0.25) is 0 Å². The third kappa shape index (κ3) is 5.58. The van der Waals surface area contributed by atoms with Crippen LogP contribution in [0.3, 0.4) is 0 Å². The van der Waals surface area contributed by atoms with Gasteiger partial charge in [-0.1, -0.05) is 5.16 Å². The number of thioether (sulfide) groups is 1. The summed E-state index contributed by atoms with van der Waals surface area (Å²) in [4.78, 5) is 39.2. The molecule has 0 aliphatic carbocycles. The maximum absolute atomic E-state index is 11.8. The zero-order chi connectivity index (χ0) is 23.4. The normalized spacial score (nSPS) is 22.7. The van der Waals surface area contributed by atoms with Crippen molar-refractivity contribution < 1.29 is 37.9 Å². The summed E-state index contributed by atoms with van der Waals surface area (Å²) in [5.74, 6) is -0.402. The Labute approximate surface area is 188 Å². The van der Waals surface area contributed by atoms with Crippen LogP contribution in [0, 0.1) is 13.8 Å². The van der Waals surface area contributed by atoms with Crippen LogP contribution >= 0.6 is 11.8 Å². The number of carbonyl (C=O) groups is 3. The van der Waals surface area contributed by atoms with Gasteiger partial charge in [0, 0.05) is 43.8 Å². The molecule has 0 N–H and O–H groups in total. The van der Waals surface area contributed by atoms with E-state index in [0.29, 0.717) is 17.2 Å². The summed E-state index contributed by atoms with van der Waals surface area (Å²) < 4.78 is 27.4. The molecule has 0 amide bonds. The highest BCUT2D eigenvalue weighted by Crippen LogP contribution is 2.35. The third-order valence-electron chi connectivity index (χ3n) is 4.59. The number of aryl methyl sites for hydroxylation is 2. The van der Waals surface area contributed by atoms with Gasteiger partial charge in [0.25, 0.3) is 0 Å². The van der Waals surface area contributed by atoms with Crippen molar-refractivity contribution in [2.24, 2.45) is 0 Å². The number of carbonyl (C=O) groups excluding carboxylic acids is 3. The van der Waals surface area contributed by atoms with E-state index in [1.165, 1.54) is 38.7 Å². The molecule has 3 rings (SSSR count). The summed E-state index contributed by atoms with van der Waals surface area (Å²) in [6, 6.07) is 1.77. The molecule has 172 valence electrons. The van der Waals surface area contributed by atoms with Crippen molar-refractivity contribution in [3.8, 4) is 16.9 Å². The average molecular weight is 464 g/mol. The smallest absolute Gasteiger partial charge is 0.303 e. The van der Waals surface area contributed by atoms with E-state index in [4.69, 9.17) is 23.5 Å². The van der Waals surface area contributed by atoms with E-state index in [2.05, 4.69) is 10.1 Å². The van der Waals surface area contributed by atoms with Crippen molar-refractivity contribution in [3.05, 3.63) is 29.9 Å². The maximum Gasteiger partial charge on any atom is 0.303 e. The number of pyridine rings is 1. The van der Waals surface area contributed by atoms with Gasteiger partial charge in [-0.3, -0.25) is 19.4 Å². The minimum absolute atomic E-state index is 0.275. The van der Waals surface area contributed by atoms with Crippen LogP contribution in [0.4, 0.5) is 0 Å². The van der Waals surface area contributed by atoms with Gasteiger partial charge in [-0.15, -0.1) is 11.8 Å². The Morgan fingerprint density at radius 1 is 1.00 bits per heavy atom. The molecule has 1 saturated heterocycles. The van der Waals surface area contributed by atoms with E-state index in [1.807, 2.05) is 6.92 Å². The molecule has 11 heteroatoms. The first-order valence-corrected chi connectivity index (χ1v) is 10.9. The van der Waals surface area contributed by atoms with E-state index in [1.54, 1.807) is 19.2 Å². The van der Waals surface area contributed by atoms with E-state index in [-0.39, 0.29) is 5.75 Å². The lowest BCUT2D eigenvalue weighted by atomic mass is 10.1. The Bertz CT molecular complexity index is 988. The lowest BCUT2D eigenvalue weighted by Crippen LogP contribution is -2.55. The van der Waals surface area contributed by atoms with Crippen LogP contribution in [0.15, 0.2) is 23.0 Å². The predicted octanol–water partition coefficient (Wildman–Crippen LogP) is 2.60. The number of nitrogens with zero attached hydrogens (tertiary/aromatic N) is 2. The van der Waals surface area contributed by atoms with Gasteiger partial charge in [-0.2, -0.15) is 0 Å². The molecule has 0 unspecified atom stereocenters. The molecule has 2 aromatic rings. The number of rotatable bonds is 6. The molecule has 0 saturated carbocycles. The largest absolute Gasteiger partial charge is 0.474 e. The molecular formula is C21H24N2O8S. The molecule has 2 aromatic heterocycles. The third-order valence-corrected chi connectivity index (χ3v) is 5.81. The van der Waals surface area contributed by atoms with E-state index >= 15 is 0 Å². The summed E-state index contributed by atoms with van der Waals surface area (Å²) in [6.45, 7) is 7.35. The molecule has 32 heavy (non-hydrogen) atoms. The monoisotopic (exact) mass is 464 g/mol. The molecule has 1 aliphatic heterocycles. The fourth-order valence-corrected chi connectivity index (χ4v) is 4.68. The van der Waals surface area contributed by atoms with Gasteiger partial charge in [0.1, 0.15) is 11.5 Å². The lowest BCUT2D eigenvalue weighted by Gasteiger charge is -2.39. The molecule has 3 heterocycles. The molecule has 10 nitrogen and oxygen atoms in total. The van der Waals surface area contributed by atoms with Gasteiger partial charge in [0.15, 0.2) is 23.7 Å². The van der Waals surface area contributed by atoms with Gasteiger partial charge in [-0.25, -0.2) is 0 Å². The van der Waals surface area contributed by atoms with Gasteiger partial charge >= 0.3 is 17.9 Å². The molecule has 1 aliphatic rings. The van der Waals surface area contributed by atoms with Crippen LogP contribution in [-0.2, 0) is 28.6 Å². The Kier molecular flexibility index (Phi) is 7.39. The van der Waals surface area contributed by atoms with Crippen LogP contribution in [0.5, 0.6) is 5.75 Å². The van der Waals surface area contributed by atoms with Gasteiger partial charge in [-0.05, 0) is 19.9 Å². The zero-order valence-corrected chi connectivity index (χ0v) is 19.1. The molecule has 0 bridgehead atoms. The molecular weight excluding hydrogens is 440 g/mol. The predicted molar refractivity (Wildman–Crippen MR) is 113 cm³/mol. The Balaban J connectivity index is 1.89. The first-order chi connectivity index (χ1) is 15.2. The van der Waals surface area contributed by atoms with E-state index in [9.17, 15) is 14.4 Å². The van der Waals surface area contributed by atoms with Crippen LogP contribution in [0.2, 0.25) is 0 Å². The SMILES string of the molecule is CC(=O)O[C@@H]1[C@@H](OC(C)=O)[C@@H](Oc2cncc(-c3c(C)noc3C)c2)SC[C@H]1OC(C)=O. The lowest BCUT2D eigenvalue weighted by molar-refractivity contribution is -0.186. The Hall–Kier alpha value is -3.08. The van der Waals surface area contributed by atoms with Crippen LogP contribution < -0.4 is 4.74 Å². The van der Waals surface area contributed by atoms with Gasteiger partial charge < -0.3 is 23.5 Å². The van der Waals surface area contributed by atoms with Crippen molar-refractivity contribution >= 4 is 29.7 Å². The second-order valence-corrected chi connectivity index (χ2v) is 8.36. The number of ether oxygens (including phenoxy) is 4. The molecule has 0 spiro atoms. The average Bonchev–Trinajstić information content (AvgIpc) is 3.03.